The number of aromatic nitrogens is 1. The Morgan fingerprint density at radius 1 is 1.46 bits per heavy atom. The average Bonchev–Trinajstić information content (AvgIpc) is 3.22. The van der Waals surface area contributed by atoms with E-state index in [0.29, 0.717) is 44.0 Å². The summed E-state index contributed by atoms with van der Waals surface area (Å²) in [7, 11) is 0. The van der Waals surface area contributed by atoms with E-state index in [1.165, 1.54) is 11.3 Å². The molecule has 3 rings (SSSR count). The van der Waals surface area contributed by atoms with Crippen LogP contribution >= 0.6 is 11.3 Å². The van der Waals surface area contributed by atoms with Gasteiger partial charge in [-0.05, 0) is 31.9 Å². The fraction of sp³-hybridized carbons (Fsp3) is 0.556. The fourth-order valence-electron chi connectivity index (χ4n) is 3.35. The fourth-order valence-corrected chi connectivity index (χ4v) is 3.95. The molecule has 0 bridgehead atoms. The molecule has 1 saturated heterocycles. The van der Waals surface area contributed by atoms with Crippen LogP contribution in [0.15, 0.2) is 21.9 Å². The number of nitrogen functional groups attached to an aromatic ring is 1. The normalized spacial score (nSPS) is 18.4. The van der Waals surface area contributed by atoms with E-state index in [1.807, 2.05) is 29.3 Å². The monoisotopic (exact) mass is 378 g/mol. The predicted octanol–water partition coefficient (Wildman–Crippen LogP) is 1.65. The van der Waals surface area contributed by atoms with E-state index < -0.39 is 0 Å². The highest BCUT2D eigenvalue weighted by Crippen LogP contribution is 2.19. The average molecular weight is 378 g/mol. The third kappa shape index (κ3) is 4.84. The van der Waals surface area contributed by atoms with Crippen molar-refractivity contribution in [2.75, 3.05) is 32.0 Å². The lowest BCUT2D eigenvalue weighted by molar-refractivity contribution is -0.134. The Hall–Kier alpha value is -1.90. The molecule has 3 heterocycles. The summed E-state index contributed by atoms with van der Waals surface area (Å²) in [6, 6.07) is 4.09. The highest BCUT2D eigenvalue weighted by Gasteiger charge is 2.29. The Labute approximate surface area is 157 Å². The van der Waals surface area contributed by atoms with Crippen LogP contribution in [0.5, 0.6) is 0 Å². The van der Waals surface area contributed by atoms with Crippen LogP contribution in [0, 0.1) is 6.92 Å². The number of furan rings is 1. The van der Waals surface area contributed by atoms with Gasteiger partial charge < -0.3 is 20.2 Å². The van der Waals surface area contributed by atoms with Gasteiger partial charge in [0, 0.05) is 44.1 Å². The van der Waals surface area contributed by atoms with Crippen LogP contribution in [0.1, 0.15) is 30.1 Å². The minimum Gasteiger partial charge on any atom is -0.465 e. The number of amides is 1. The van der Waals surface area contributed by atoms with E-state index in [9.17, 15) is 9.90 Å². The number of hydrogen-bond acceptors (Lipinski definition) is 7. The number of nitrogens with two attached hydrogens (primary N) is 1. The SMILES string of the molecule is Cc1ccc(CN2CCN(C(=O)CCc3csc(N)n3)CC2CCO)o1. The van der Waals surface area contributed by atoms with Gasteiger partial charge in [-0.2, -0.15) is 0 Å². The first kappa shape index (κ1) is 18.9. The summed E-state index contributed by atoms with van der Waals surface area (Å²) in [5, 5.41) is 11.9. The molecule has 0 aliphatic carbocycles. The molecule has 1 atom stereocenters. The van der Waals surface area contributed by atoms with Gasteiger partial charge in [0.2, 0.25) is 5.91 Å². The van der Waals surface area contributed by atoms with Gasteiger partial charge in [-0.25, -0.2) is 4.98 Å². The van der Waals surface area contributed by atoms with Crippen LogP contribution in [-0.4, -0.2) is 58.1 Å². The van der Waals surface area contributed by atoms with Crippen LogP contribution in [0.4, 0.5) is 5.13 Å². The van der Waals surface area contributed by atoms with Crippen molar-refractivity contribution >= 4 is 22.4 Å². The second kappa shape index (κ2) is 8.66. The molecule has 2 aromatic rings. The van der Waals surface area contributed by atoms with Crippen molar-refractivity contribution in [3.63, 3.8) is 0 Å². The molecular formula is C18H26N4O3S. The van der Waals surface area contributed by atoms with Gasteiger partial charge in [-0.15, -0.1) is 11.3 Å². The lowest BCUT2D eigenvalue weighted by atomic mass is 10.1. The first-order valence-corrected chi connectivity index (χ1v) is 9.81. The summed E-state index contributed by atoms with van der Waals surface area (Å²) in [6.07, 6.45) is 1.70. The molecule has 8 heteroatoms. The molecule has 0 spiro atoms. The lowest BCUT2D eigenvalue weighted by Gasteiger charge is -2.41. The number of hydrogen-bond donors (Lipinski definition) is 2. The minimum atomic E-state index is 0.110. The zero-order valence-electron chi connectivity index (χ0n) is 15.1. The zero-order chi connectivity index (χ0) is 18.5. The molecule has 26 heavy (non-hydrogen) atoms. The lowest BCUT2D eigenvalue weighted by Crippen LogP contribution is -2.54. The standard InChI is InChI=1S/C18H26N4O3S/c1-13-2-4-16(25-13)11-21-7-8-22(10-15(21)6-9-23)17(24)5-3-14-12-26-18(19)20-14/h2,4,12,15,23H,3,5-11H2,1H3,(H2,19,20). The Morgan fingerprint density at radius 3 is 2.96 bits per heavy atom. The molecule has 7 nitrogen and oxygen atoms in total. The molecule has 142 valence electrons. The third-order valence-electron chi connectivity index (χ3n) is 4.74. The number of carbonyl (C=O) groups excluding carboxylic acids is 1. The van der Waals surface area contributed by atoms with Crippen LogP contribution < -0.4 is 5.73 Å². The summed E-state index contributed by atoms with van der Waals surface area (Å²) in [4.78, 5) is 21.0. The van der Waals surface area contributed by atoms with Crippen molar-refractivity contribution in [2.45, 2.75) is 38.8 Å². The first-order valence-electron chi connectivity index (χ1n) is 8.93. The Kier molecular flexibility index (Phi) is 6.29. The van der Waals surface area contributed by atoms with Gasteiger partial charge in [0.05, 0.1) is 12.2 Å². The topological polar surface area (TPSA) is 95.8 Å². The summed E-state index contributed by atoms with van der Waals surface area (Å²) in [6.45, 7) is 4.86. The molecule has 3 N–H and O–H groups in total. The third-order valence-corrected chi connectivity index (χ3v) is 5.46. The van der Waals surface area contributed by atoms with E-state index in [1.54, 1.807) is 0 Å². The molecule has 1 unspecified atom stereocenters. The van der Waals surface area contributed by atoms with Crippen LogP contribution in [0.3, 0.4) is 0 Å². The van der Waals surface area contributed by atoms with E-state index in [4.69, 9.17) is 10.2 Å². The Balaban J connectivity index is 1.55. The van der Waals surface area contributed by atoms with Crippen molar-refractivity contribution in [1.82, 2.24) is 14.8 Å². The van der Waals surface area contributed by atoms with Gasteiger partial charge in [0.25, 0.3) is 0 Å². The van der Waals surface area contributed by atoms with Gasteiger partial charge in [0.1, 0.15) is 11.5 Å². The summed E-state index contributed by atoms with van der Waals surface area (Å²) in [5.41, 5.74) is 6.51. The summed E-state index contributed by atoms with van der Waals surface area (Å²) < 4.78 is 5.68. The maximum absolute atomic E-state index is 12.6. The predicted molar refractivity (Wildman–Crippen MR) is 101 cm³/mol. The number of aryl methyl sites for hydroxylation is 2. The van der Waals surface area contributed by atoms with E-state index in [0.717, 1.165) is 23.8 Å². The molecule has 0 radical (unpaired) electrons. The van der Waals surface area contributed by atoms with Gasteiger partial charge in [-0.3, -0.25) is 9.69 Å². The van der Waals surface area contributed by atoms with Crippen LogP contribution in [-0.2, 0) is 17.8 Å². The maximum atomic E-state index is 12.6. The molecule has 0 aromatic carbocycles. The van der Waals surface area contributed by atoms with Crippen molar-refractivity contribution < 1.29 is 14.3 Å². The number of nitrogens with zero attached hydrogens (tertiary/aromatic N) is 3. The Bertz CT molecular complexity index is 730. The van der Waals surface area contributed by atoms with Gasteiger partial charge in [-0.1, -0.05) is 0 Å². The quantitative estimate of drug-likeness (QED) is 0.761. The zero-order valence-corrected chi connectivity index (χ0v) is 15.9. The van der Waals surface area contributed by atoms with Gasteiger partial charge >= 0.3 is 0 Å². The maximum Gasteiger partial charge on any atom is 0.223 e. The molecule has 0 saturated carbocycles. The van der Waals surface area contributed by atoms with E-state index in [2.05, 4.69) is 9.88 Å². The van der Waals surface area contributed by atoms with Crippen molar-refractivity contribution in [3.05, 3.63) is 34.7 Å². The molecule has 1 amide bonds. The van der Waals surface area contributed by atoms with Crippen LogP contribution in [0.2, 0.25) is 0 Å². The van der Waals surface area contributed by atoms with E-state index >= 15 is 0 Å². The van der Waals surface area contributed by atoms with Crippen molar-refractivity contribution in [3.8, 4) is 0 Å². The number of thiazole rings is 1. The summed E-state index contributed by atoms with van der Waals surface area (Å²) in [5.74, 6) is 1.95. The molecule has 1 aliphatic heterocycles. The van der Waals surface area contributed by atoms with Crippen molar-refractivity contribution in [1.29, 1.82) is 0 Å². The van der Waals surface area contributed by atoms with Gasteiger partial charge in [0.15, 0.2) is 5.13 Å². The minimum absolute atomic E-state index is 0.110. The Morgan fingerprint density at radius 2 is 2.31 bits per heavy atom. The van der Waals surface area contributed by atoms with Crippen molar-refractivity contribution in [2.24, 2.45) is 0 Å². The van der Waals surface area contributed by atoms with E-state index in [-0.39, 0.29) is 18.6 Å². The molecule has 1 fully saturated rings. The molecular weight excluding hydrogens is 352 g/mol. The molecule has 1 aliphatic rings. The highest BCUT2D eigenvalue weighted by molar-refractivity contribution is 7.13. The number of aliphatic hydroxyl groups excluding tert-OH is 1. The number of rotatable bonds is 7. The number of piperazine rings is 1. The number of carbonyl (C=O) groups is 1. The summed E-state index contributed by atoms with van der Waals surface area (Å²) >= 11 is 1.40. The second-order valence-corrected chi connectivity index (χ2v) is 7.56. The number of aliphatic hydroxyl groups is 1. The highest BCUT2D eigenvalue weighted by atomic mass is 32.1. The molecule has 2 aromatic heterocycles. The largest absolute Gasteiger partial charge is 0.465 e. The second-order valence-electron chi connectivity index (χ2n) is 6.67. The first-order chi connectivity index (χ1) is 12.5. The smallest absolute Gasteiger partial charge is 0.223 e. The van der Waals surface area contributed by atoms with Crippen LogP contribution in [0.25, 0.3) is 0 Å². The number of anilines is 1.